The molecule has 0 aromatic heterocycles. The number of ether oxygens (including phenoxy) is 1. The molecule has 0 bridgehead atoms. The summed E-state index contributed by atoms with van der Waals surface area (Å²) in [6, 6.07) is 14.2. The van der Waals surface area contributed by atoms with Crippen LogP contribution in [0.25, 0.3) is 0 Å². The minimum Gasteiger partial charge on any atom is -0.495 e. The summed E-state index contributed by atoms with van der Waals surface area (Å²) in [6.45, 7) is 3.46. The summed E-state index contributed by atoms with van der Waals surface area (Å²) in [6.07, 6.45) is 0.439. The van der Waals surface area contributed by atoms with E-state index < -0.39 is 0 Å². The normalized spacial score (nSPS) is 14.2. The maximum absolute atomic E-state index is 13.0. The Balaban J connectivity index is 1.44. The van der Waals surface area contributed by atoms with Gasteiger partial charge in [0.2, 0.25) is 5.91 Å². The number of rotatable bonds is 6. The molecule has 26 heavy (non-hydrogen) atoms. The first-order valence-electron chi connectivity index (χ1n) is 8.82. The van der Waals surface area contributed by atoms with E-state index >= 15 is 0 Å². The molecule has 5 nitrogen and oxygen atoms in total. The van der Waals surface area contributed by atoms with Crippen LogP contribution in [-0.2, 0) is 4.79 Å². The van der Waals surface area contributed by atoms with Crippen LogP contribution < -0.4 is 15.0 Å². The molecule has 0 radical (unpaired) electrons. The van der Waals surface area contributed by atoms with Crippen LogP contribution in [0.5, 0.6) is 5.75 Å². The largest absolute Gasteiger partial charge is 0.495 e. The molecule has 1 fully saturated rings. The van der Waals surface area contributed by atoms with Crippen LogP contribution in [0.3, 0.4) is 0 Å². The number of para-hydroxylation sites is 2. The Labute approximate surface area is 153 Å². The Kier molecular flexibility index (Phi) is 5.94. The zero-order valence-electron chi connectivity index (χ0n) is 15.0. The van der Waals surface area contributed by atoms with Gasteiger partial charge in [0, 0.05) is 44.8 Å². The highest BCUT2D eigenvalue weighted by Crippen LogP contribution is 2.23. The van der Waals surface area contributed by atoms with Crippen LogP contribution in [0, 0.1) is 5.82 Å². The number of halogens is 1. The highest BCUT2D eigenvalue weighted by molar-refractivity contribution is 5.77. The van der Waals surface area contributed by atoms with Gasteiger partial charge in [0.05, 0.1) is 12.8 Å². The fourth-order valence-corrected chi connectivity index (χ4v) is 3.12. The number of piperazine rings is 1. The lowest BCUT2D eigenvalue weighted by Crippen LogP contribution is -2.49. The maximum atomic E-state index is 13.0. The van der Waals surface area contributed by atoms with Crippen molar-refractivity contribution in [3.63, 3.8) is 0 Å². The quantitative estimate of drug-likeness (QED) is 0.863. The fraction of sp³-hybridized carbons (Fsp3) is 0.350. The Morgan fingerprint density at radius 1 is 1.08 bits per heavy atom. The first-order valence-corrected chi connectivity index (χ1v) is 8.82. The van der Waals surface area contributed by atoms with Crippen molar-refractivity contribution < 1.29 is 13.9 Å². The molecule has 1 heterocycles. The van der Waals surface area contributed by atoms with Crippen molar-refractivity contribution in [3.8, 4) is 5.75 Å². The van der Waals surface area contributed by atoms with Crippen molar-refractivity contribution >= 4 is 17.3 Å². The van der Waals surface area contributed by atoms with Gasteiger partial charge in [-0.1, -0.05) is 12.1 Å². The van der Waals surface area contributed by atoms with E-state index in [0.717, 1.165) is 30.2 Å². The van der Waals surface area contributed by atoms with Crippen molar-refractivity contribution in [3.05, 3.63) is 54.3 Å². The predicted molar refractivity (Wildman–Crippen MR) is 101 cm³/mol. The van der Waals surface area contributed by atoms with Gasteiger partial charge in [0.15, 0.2) is 0 Å². The molecule has 1 aliphatic heterocycles. The third-order valence-corrected chi connectivity index (χ3v) is 4.59. The average molecular weight is 357 g/mol. The minimum atomic E-state index is -0.231. The van der Waals surface area contributed by atoms with Crippen LogP contribution >= 0.6 is 0 Å². The number of nitrogens with one attached hydrogen (secondary N) is 1. The molecule has 1 amide bonds. The third kappa shape index (κ3) is 4.45. The first kappa shape index (κ1) is 18.0. The van der Waals surface area contributed by atoms with Crippen LogP contribution in [0.15, 0.2) is 48.5 Å². The van der Waals surface area contributed by atoms with Crippen LogP contribution in [0.2, 0.25) is 0 Å². The molecule has 2 aromatic carbocycles. The second kappa shape index (κ2) is 8.56. The van der Waals surface area contributed by atoms with E-state index in [4.69, 9.17) is 4.74 Å². The van der Waals surface area contributed by atoms with Crippen molar-refractivity contribution in [2.24, 2.45) is 0 Å². The molecule has 0 spiro atoms. The molecule has 1 saturated heterocycles. The SMILES string of the molecule is COc1ccccc1NCCC(=O)N1CCN(c2ccc(F)cc2)CC1. The summed E-state index contributed by atoms with van der Waals surface area (Å²) in [4.78, 5) is 16.5. The molecular weight excluding hydrogens is 333 g/mol. The number of carbonyl (C=O) groups is 1. The lowest BCUT2D eigenvalue weighted by molar-refractivity contribution is -0.131. The zero-order valence-corrected chi connectivity index (χ0v) is 15.0. The summed E-state index contributed by atoms with van der Waals surface area (Å²) in [5, 5.41) is 3.26. The van der Waals surface area contributed by atoms with E-state index in [1.807, 2.05) is 29.2 Å². The second-order valence-corrected chi connectivity index (χ2v) is 6.22. The van der Waals surface area contributed by atoms with E-state index in [-0.39, 0.29) is 11.7 Å². The van der Waals surface area contributed by atoms with Crippen molar-refractivity contribution in [1.82, 2.24) is 4.90 Å². The lowest BCUT2D eigenvalue weighted by Gasteiger charge is -2.36. The van der Waals surface area contributed by atoms with Crippen LogP contribution in [-0.4, -0.2) is 50.6 Å². The van der Waals surface area contributed by atoms with Gasteiger partial charge in [-0.2, -0.15) is 0 Å². The molecule has 6 heteroatoms. The van der Waals surface area contributed by atoms with E-state index in [9.17, 15) is 9.18 Å². The van der Waals surface area contributed by atoms with Gasteiger partial charge < -0.3 is 19.9 Å². The molecule has 1 N–H and O–H groups in total. The summed E-state index contributed by atoms with van der Waals surface area (Å²) < 4.78 is 18.3. The molecule has 138 valence electrons. The maximum Gasteiger partial charge on any atom is 0.224 e. The molecule has 0 saturated carbocycles. The monoisotopic (exact) mass is 357 g/mol. The second-order valence-electron chi connectivity index (χ2n) is 6.22. The summed E-state index contributed by atoms with van der Waals surface area (Å²) in [5.74, 6) is 0.684. The van der Waals surface area contributed by atoms with Gasteiger partial charge in [0.1, 0.15) is 11.6 Å². The van der Waals surface area contributed by atoms with Crippen LogP contribution in [0.4, 0.5) is 15.8 Å². The molecule has 0 unspecified atom stereocenters. The molecule has 2 aromatic rings. The van der Waals surface area contributed by atoms with Gasteiger partial charge in [-0.15, -0.1) is 0 Å². The zero-order chi connectivity index (χ0) is 18.4. The van der Waals surface area contributed by atoms with Crippen molar-refractivity contribution in [2.75, 3.05) is 50.1 Å². The molecule has 0 aliphatic carbocycles. The van der Waals surface area contributed by atoms with Gasteiger partial charge >= 0.3 is 0 Å². The van der Waals surface area contributed by atoms with E-state index in [1.165, 1.54) is 12.1 Å². The van der Waals surface area contributed by atoms with Gasteiger partial charge in [-0.25, -0.2) is 4.39 Å². The highest BCUT2D eigenvalue weighted by atomic mass is 19.1. The number of hydrogen-bond acceptors (Lipinski definition) is 4. The average Bonchev–Trinajstić information content (AvgIpc) is 2.69. The lowest BCUT2D eigenvalue weighted by atomic mass is 10.2. The number of hydrogen-bond donors (Lipinski definition) is 1. The summed E-state index contributed by atoms with van der Waals surface area (Å²) in [7, 11) is 1.63. The van der Waals surface area contributed by atoms with Gasteiger partial charge in [0.25, 0.3) is 0 Å². The Morgan fingerprint density at radius 3 is 2.46 bits per heavy atom. The first-order chi connectivity index (χ1) is 12.7. The molecule has 0 atom stereocenters. The van der Waals surface area contributed by atoms with Crippen molar-refractivity contribution in [2.45, 2.75) is 6.42 Å². The Bertz CT molecular complexity index is 728. The van der Waals surface area contributed by atoms with Crippen LogP contribution in [0.1, 0.15) is 6.42 Å². The number of carbonyl (C=O) groups excluding carboxylic acids is 1. The number of nitrogens with zero attached hydrogens (tertiary/aromatic N) is 2. The molecule has 1 aliphatic rings. The van der Waals surface area contributed by atoms with Crippen molar-refractivity contribution in [1.29, 1.82) is 0 Å². The van der Waals surface area contributed by atoms with E-state index in [0.29, 0.717) is 26.1 Å². The van der Waals surface area contributed by atoms with Gasteiger partial charge in [-0.3, -0.25) is 4.79 Å². The summed E-state index contributed by atoms with van der Waals surface area (Å²) >= 11 is 0. The Morgan fingerprint density at radius 2 is 1.77 bits per heavy atom. The Hall–Kier alpha value is -2.76. The highest BCUT2D eigenvalue weighted by Gasteiger charge is 2.21. The number of anilines is 2. The molecular formula is C20H24FN3O2. The van der Waals surface area contributed by atoms with E-state index in [1.54, 1.807) is 19.2 Å². The standard InChI is InChI=1S/C20H24FN3O2/c1-26-19-5-3-2-4-18(19)22-11-10-20(25)24-14-12-23(13-15-24)17-8-6-16(21)7-9-17/h2-9,22H,10-15H2,1H3. The summed E-state index contributed by atoms with van der Waals surface area (Å²) in [5.41, 5.74) is 1.89. The molecule has 3 rings (SSSR count). The minimum absolute atomic E-state index is 0.145. The number of methoxy groups -OCH3 is 1. The smallest absolute Gasteiger partial charge is 0.224 e. The predicted octanol–water partition coefficient (Wildman–Crippen LogP) is 2.99. The number of amides is 1. The van der Waals surface area contributed by atoms with Gasteiger partial charge in [-0.05, 0) is 36.4 Å². The topological polar surface area (TPSA) is 44.8 Å². The fourth-order valence-electron chi connectivity index (χ4n) is 3.12. The van der Waals surface area contributed by atoms with E-state index in [2.05, 4.69) is 10.2 Å². The third-order valence-electron chi connectivity index (χ3n) is 4.59. The number of benzene rings is 2.